The Bertz CT molecular complexity index is 695. The lowest BCUT2D eigenvalue weighted by Gasteiger charge is -2.27. The van der Waals surface area contributed by atoms with Crippen molar-refractivity contribution in [1.29, 1.82) is 0 Å². The molecule has 1 aliphatic rings. The van der Waals surface area contributed by atoms with E-state index in [0.29, 0.717) is 31.7 Å². The number of nitrogens with zero attached hydrogens (tertiary/aromatic N) is 4. The standard InChI is InChI=1S/C16H20F3N5/c1-2-3-4-14-20-8-12(22-14)10-24-6-5-13-11(9-24)7-21-15(23-13)16(17,18)19/h7-8H,2-6,9-10H2,1H3,(H,20,22). The first-order chi connectivity index (χ1) is 11.5. The average molecular weight is 339 g/mol. The van der Waals surface area contributed by atoms with Crippen LogP contribution >= 0.6 is 0 Å². The maximum absolute atomic E-state index is 12.7. The molecular weight excluding hydrogens is 319 g/mol. The first-order valence-corrected chi connectivity index (χ1v) is 8.13. The molecule has 0 spiro atoms. The van der Waals surface area contributed by atoms with Crippen LogP contribution in [-0.2, 0) is 32.1 Å². The van der Waals surface area contributed by atoms with Gasteiger partial charge in [0.15, 0.2) is 0 Å². The van der Waals surface area contributed by atoms with Gasteiger partial charge in [-0.3, -0.25) is 4.90 Å². The van der Waals surface area contributed by atoms with Crippen molar-refractivity contribution in [3.05, 3.63) is 41.0 Å². The zero-order valence-electron chi connectivity index (χ0n) is 13.5. The molecule has 0 atom stereocenters. The largest absolute Gasteiger partial charge is 0.451 e. The number of aryl methyl sites for hydroxylation is 1. The van der Waals surface area contributed by atoms with Crippen LogP contribution in [0.3, 0.4) is 0 Å². The molecule has 3 heterocycles. The van der Waals surface area contributed by atoms with E-state index in [2.05, 4.69) is 31.8 Å². The normalized spacial score (nSPS) is 15.5. The molecule has 0 unspecified atom stereocenters. The fourth-order valence-corrected chi connectivity index (χ4v) is 2.84. The zero-order valence-corrected chi connectivity index (χ0v) is 13.5. The highest BCUT2D eigenvalue weighted by Crippen LogP contribution is 2.27. The van der Waals surface area contributed by atoms with Gasteiger partial charge in [-0.1, -0.05) is 13.3 Å². The molecule has 0 saturated heterocycles. The molecule has 0 radical (unpaired) electrons. The lowest BCUT2D eigenvalue weighted by molar-refractivity contribution is -0.145. The molecule has 130 valence electrons. The van der Waals surface area contributed by atoms with Gasteiger partial charge in [-0.2, -0.15) is 13.2 Å². The van der Waals surface area contributed by atoms with E-state index in [9.17, 15) is 13.2 Å². The number of aromatic nitrogens is 4. The highest BCUT2D eigenvalue weighted by molar-refractivity contribution is 5.21. The molecular formula is C16H20F3N5. The summed E-state index contributed by atoms with van der Waals surface area (Å²) in [5.74, 6) is -0.0637. The fraction of sp³-hybridized carbons (Fsp3) is 0.562. The van der Waals surface area contributed by atoms with E-state index in [4.69, 9.17) is 0 Å². The molecule has 0 bridgehead atoms. The smallest absolute Gasteiger partial charge is 0.345 e. The first kappa shape index (κ1) is 16.9. The number of unbranched alkanes of at least 4 members (excludes halogenated alkanes) is 1. The number of aromatic amines is 1. The van der Waals surface area contributed by atoms with Crippen LogP contribution in [0.25, 0.3) is 0 Å². The van der Waals surface area contributed by atoms with Gasteiger partial charge in [0.2, 0.25) is 5.82 Å². The highest BCUT2D eigenvalue weighted by Gasteiger charge is 2.35. The van der Waals surface area contributed by atoms with Crippen molar-refractivity contribution in [2.75, 3.05) is 6.54 Å². The van der Waals surface area contributed by atoms with Crippen molar-refractivity contribution in [2.24, 2.45) is 0 Å². The maximum atomic E-state index is 12.7. The molecule has 0 aromatic carbocycles. The summed E-state index contributed by atoms with van der Waals surface area (Å²) in [6.45, 7) is 4.06. The number of alkyl halides is 3. The predicted octanol–water partition coefficient (Wildman–Crippen LogP) is 3.12. The van der Waals surface area contributed by atoms with E-state index in [1.807, 2.05) is 6.20 Å². The molecule has 2 aromatic rings. The van der Waals surface area contributed by atoms with Crippen LogP contribution < -0.4 is 0 Å². The van der Waals surface area contributed by atoms with E-state index in [-0.39, 0.29) is 0 Å². The summed E-state index contributed by atoms with van der Waals surface area (Å²) in [4.78, 5) is 17.0. The zero-order chi connectivity index (χ0) is 17.2. The van der Waals surface area contributed by atoms with Crippen LogP contribution in [0.2, 0.25) is 0 Å². The summed E-state index contributed by atoms with van der Waals surface area (Å²) in [5.41, 5.74) is 2.29. The summed E-state index contributed by atoms with van der Waals surface area (Å²) < 4.78 is 38.0. The van der Waals surface area contributed by atoms with Crippen molar-refractivity contribution >= 4 is 0 Å². The number of hydrogen-bond acceptors (Lipinski definition) is 4. The Morgan fingerprint density at radius 3 is 2.83 bits per heavy atom. The molecule has 24 heavy (non-hydrogen) atoms. The third-order valence-corrected chi connectivity index (χ3v) is 4.11. The monoisotopic (exact) mass is 339 g/mol. The number of H-pyrrole nitrogens is 1. The Hall–Kier alpha value is -1.96. The van der Waals surface area contributed by atoms with E-state index in [1.165, 1.54) is 6.20 Å². The number of imidazole rings is 1. The summed E-state index contributed by atoms with van der Waals surface area (Å²) >= 11 is 0. The molecule has 8 heteroatoms. The van der Waals surface area contributed by atoms with Gasteiger partial charge in [0.05, 0.1) is 5.69 Å². The molecule has 5 nitrogen and oxygen atoms in total. The Kier molecular flexibility index (Phi) is 4.84. The second kappa shape index (κ2) is 6.88. The molecule has 1 aliphatic heterocycles. The molecule has 1 N–H and O–H groups in total. The van der Waals surface area contributed by atoms with Crippen LogP contribution in [0.4, 0.5) is 13.2 Å². The Labute approximate surface area is 138 Å². The third-order valence-electron chi connectivity index (χ3n) is 4.11. The van der Waals surface area contributed by atoms with Gasteiger partial charge >= 0.3 is 6.18 Å². The second-order valence-electron chi connectivity index (χ2n) is 6.08. The SMILES string of the molecule is CCCCc1ncc(CN2CCc3nc(C(F)(F)F)ncc3C2)[nH]1. The number of hydrogen-bond donors (Lipinski definition) is 1. The number of rotatable bonds is 5. The Balaban J connectivity index is 1.64. The predicted molar refractivity (Wildman–Crippen MR) is 82.1 cm³/mol. The fourth-order valence-electron chi connectivity index (χ4n) is 2.84. The minimum atomic E-state index is -4.49. The van der Waals surface area contributed by atoms with Gasteiger partial charge in [-0.25, -0.2) is 15.0 Å². The maximum Gasteiger partial charge on any atom is 0.451 e. The number of fused-ring (bicyclic) bond motifs is 1. The van der Waals surface area contributed by atoms with Gasteiger partial charge in [-0.15, -0.1) is 0 Å². The van der Waals surface area contributed by atoms with Crippen LogP contribution in [0.15, 0.2) is 12.4 Å². The van der Waals surface area contributed by atoms with E-state index < -0.39 is 12.0 Å². The molecule has 0 fully saturated rings. The van der Waals surface area contributed by atoms with E-state index in [0.717, 1.165) is 36.3 Å². The van der Waals surface area contributed by atoms with Crippen molar-refractivity contribution < 1.29 is 13.2 Å². The third kappa shape index (κ3) is 3.92. The van der Waals surface area contributed by atoms with E-state index in [1.54, 1.807) is 0 Å². The van der Waals surface area contributed by atoms with E-state index >= 15 is 0 Å². The lowest BCUT2D eigenvalue weighted by Crippen LogP contribution is -2.31. The summed E-state index contributed by atoms with van der Waals surface area (Å²) in [6.07, 6.45) is 2.31. The topological polar surface area (TPSA) is 57.7 Å². The van der Waals surface area contributed by atoms with Gasteiger partial charge in [0.25, 0.3) is 0 Å². The van der Waals surface area contributed by atoms with Gasteiger partial charge in [0.1, 0.15) is 5.82 Å². The van der Waals surface area contributed by atoms with Crippen LogP contribution in [-0.4, -0.2) is 31.4 Å². The minimum Gasteiger partial charge on any atom is -0.345 e. The van der Waals surface area contributed by atoms with Crippen molar-refractivity contribution in [3.63, 3.8) is 0 Å². The highest BCUT2D eigenvalue weighted by atomic mass is 19.4. The summed E-state index contributed by atoms with van der Waals surface area (Å²) in [5, 5.41) is 0. The van der Waals surface area contributed by atoms with Crippen molar-refractivity contribution in [2.45, 2.75) is 51.9 Å². The molecule has 3 rings (SSSR count). The number of halogens is 3. The van der Waals surface area contributed by atoms with Crippen molar-refractivity contribution in [1.82, 2.24) is 24.8 Å². The van der Waals surface area contributed by atoms with Crippen LogP contribution in [0, 0.1) is 0 Å². The van der Waals surface area contributed by atoms with Crippen molar-refractivity contribution in [3.8, 4) is 0 Å². The Morgan fingerprint density at radius 1 is 1.25 bits per heavy atom. The first-order valence-electron chi connectivity index (χ1n) is 8.13. The van der Waals surface area contributed by atoms with Gasteiger partial charge in [0, 0.05) is 56.1 Å². The molecule has 0 saturated carbocycles. The minimum absolute atomic E-state index is 0.498. The molecule has 0 amide bonds. The van der Waals surface area contributed by atoms with Crippen LogP contribution in [0.1, 0.15) is 48.4 Å². The van der Waals surface area contributed by atoms with Crippen LogP contribution in [0.5, 0.6) is 0 Å². The molecule has 2 aromatic heterocycles. The lowest BCUT2D eigenvalue weighted by atomic mass is 10.1. The summed E-state index contributed by atoms with van der Waals surface area (Å²) in [7, 11) is 0. The molecule has 0 aliphatic carbocycles. The second-order valence-corrected chi connectivity index (χ2v) is 6.08. The van der Waals surface area contributed by atoms with Gasteiger partial charge in [-0.05, 0) is 6.42 Å². The average Bonchev–Trinajstić information content (AvgIpc) is 2.99. The van der Waals surface area contributed by atoms with Gasteiger partial charge < -0.3 is 4.98 Å². The summed E-state index contributed by atoms with van der Waals surface area (Å²) in [6, 6.07) is 0. The Morgan fingerprint density at radius 2 is 2.08 bits per heavy atom. The number of nitrogens with one attached hydrogen (secondary N) is 1. The quantitative estimate of drug-likeness (QED) is 0.909.